The second kappa shape index (κ2) is 4.55. The van der Waals surface area contributed by atoms with Crippen molar-refractivity contribution in [1.29, 1.82) is 0 Å². The van der Waals surface area contributed by atoms with Crippen LogP contribution in [-0.2, 0) is 0 Å². The molecule has 0 aromatic heterocycles. The van der Waals surface area contributed by atoms with Crippen LogP contribution >= 0.6 is 0 Å². The first-order valence-corrected chi connectivity index (χ1v) is 5.27. The Labute approximate surface area is 98.1 Å². The first kappa shape index (κ1) is 11.6. The van der Waals surface area contributed by atoms with E-state index in [4.69, 9.17) is 10.8 Å². The van der Waals surface area contributed by atoms with Crippen LogP contribution < -0.4 is 5.73 Å². The number of rotatable bonds is 1. The van der Waals surface area contributed by atoms with E-state index in [1.165, 1.54) is 17.0 Å². The minimum atomic E-state index is -0.977. The van der Waals surface area contributed by atoms with Crippen molar-refractivity contribution in [2.45, 2.75) is 6.04 Å². The Morgan fingerprint density at radius 1 is 1.41 bits per heavy atom. The number of hydrogen-bond acceptors (Lipinski definition) is 2. The Kier molecular flexibility index (Phi) is 3.10. The van der Waals surface area contributed by atoms with Crippen LogP contribution in [0.5, 0.6) is 0 Å². The predicted octanol–water partition coefficient (Wildman–Crippen LogP) is 1.53. The average Bonchev–Trinajstić information content (AvgIpc) is 2.30. The summed E-state index contributed by atoms with van der Waals surface area (Å²) in [6, 6.07) is 5.67. The van der Waals surface area contributed by atoms with Crippen LogP contribution in [0.1, 0.15) is 5.56 Å². The van der Waals surface area contributed by atoms with E-state index >= 15 is 0 Å². The van der Waals surface area contributed by atoms with Crippen LogP contribution in [-0.4, -0.2) is 35.2 Å². The minimum Gasteiger partial charge on any atom is -0.465 e. The van der Waals surface area contributed by atoms with Gasteiger partial charge in [0.1, 0.15) is 5.82 Å². The maximum atomic E-state index is 12.8. The molecule has 0 bridgehead atoms. The standard InChI is InChI=1S/C12H13FN2O2/c13-9-3-1-8(2-4-9)10-5-6-15(12(16)17)7-11(10)14/h1-5,11H,6-7,14H2,(H,16,17). The molecule has 0 aliphatic carbocycles. The van der Waals surface area contributed by atoms with Crippen molar-refractivity contribution >= 4 is 11.7 Å². The zero-order valence-electron chi connectivity index (χ0n) is 9.14. The second-order valence-electron chi connectivity index (χ2n) is 3.96. The van der Waals surface area contributed by atoms with Crippen molar-refractivity contribution < 1.29 is 14.3 Å². The first-order valence-electron chi connectivity index (χ1n) is 5.27. The fourth-order valence-corrected chi connectivity index (χ4v) is 1.90. The van der Waals surface area contributed by atoms with Gasteiger partial charge in [-0.2, -0.15) is 0 Å². The molecule has 1 unspecified atom stereocenters. The summed E-state index contributed by atoms with van der Waals surface area (Å²) in [5, 5.41) is 8.84. The smallest absolute Gasteiger partial charge is 0.407 e. The van der Waals surface area contributed by atoms with E-state index in [1.807, 2.05) is 0 Å². The number of amides is 1. The van der Waals surface area contributed by atoms with Gasteiger partial charge in [0.15, 0.2) is 0 Å². The third-order valence-corrected chi connectivity index (χ3v) is 2.80. The number of halogens is 1. The molecule has 1 aliphatic heterocycles. The highest BCUT2D eigenvalue weighted by atomic mass is 19.1. The van der Waals surface area contributed by atoms with E-state index in [0.29, 0.717) is 6.54 Å². The molecule has 0 spiro atoms. The lowest BCUT2D eigenvalue weighted by molar-refractivity contribution is 0.148. The first-order chi connectivity index (χ1) is 8.08. The van der Waals surface area contributed by atoms with E-state index in [9.17, 15) is 9.18 Å². The normalized spacial score (nSPS) is 20.0. The largest absolute Gasteiger partial charge is 0.465 e. The van der Waals surface area contributed by atoms with Gasteiger partial charge in [-0.25, -0.2) is 9.18 Å². The van der Waals surface area contributed by atoms with Gasteiger partial charge in [0.25, 0.3) is 0 Å². The molecule has 0 saturated heterocycles. The van der Waals surface area contributed by atoms with Crippen LogP contribution in [0.15, 0.2) is 30.3 Å². The van der Waals surface area contributed by atoms with E-state index in [-0.39, 0.29) is 18.4 Å². The molecule has 0 fully saturated rings. The summed E-state index contributed by atoms with van der Waals surface area (Å²) in [7, 11) is 0. The zero-order chi connectivity index (χ0) is 12.4. The maximum Gasteiger partial charge on any atom is 0.407 e. The SMILES string of the molecule is NC1CN(C(=O)O)CC=C1c1ccc(F)cc1. The monoisotopic (exact) mass is 236 g/mol. The Morgan fingerprint density at radius 2 is 2.06 bits per heavy atom. The third-order valence-electron chi connectivity index (χ3n) is 2.80. The highest BCUT2D eigenvalue weighted by molar-refractivity contribution is 5.74. The quantitative estimate of drug-likeness (QED) is 0.777. The molecule has 1 aromatic rings. The minimum absolute atomic E-state index is 0.262. The van der Waals surface area contributed by atoms with Crippen molar-refractivity contribution in [2.75, 3.05) is 13.1 Å². The summed E-state index contributed by atoms with van der Waals surface area (Å²) in [5.74, 6) is -0.300. The van der Waals surface area contributed by atoms with Gasteiger partial charge >= 0.3 is 6.09 Å². The number of benzene rings is 1. The summed E-state index contributed by atoms with van der Waals surface area (Å²) < 4.78 is 12.8. The molecule has 1 aliphatic rings. The van der Waals surface area contributed by atoms with Crippen molar-refractivity contribution in [1.82, 2.24) is 4.90 Å². The van der Waals surface area contributed by atoms with Crippen LogP contribution in [0.25, 0.3) is 5.57 Å². The zero-order valence-corrected chi connectivity index (χ0v) is 9.14. The molecular formula is C12H13FN2O2. The van der Waals surface area contributed by atoms with Gasteiger partial charge in [0.05, 0.1) is 0 Å². The van der Waals surface area contributed by atoms with E-state index in [2.05, 4.69) is 0 Å². The lowest BCUT2D eigenvalue weighted by Crippen LogP contribution is -2.44. The summed E-state index contributed by atoms with van der Waals surface area (Å²) in [6.07, 6.45) is 0.796. The molecule has 17 heavy (non-hydrogen) atoms. The number of nitrogens with two attached hydrogens (primary N) is 1. The third kappa shape index (κ3) is 2.45. The summed E-state index contributed by atoms with van der Waals surface area (Å²) in [6.45, 7) is 0.578. The number of carboxylic acid groups (broad SMARTS) is 1. The van der Waals surface area contributed by atoms with Crippen molar-refractivity contribution in [2.24, 2.45) is 5.73 Å². The van der Waals surface area contributed by atoms with Gasteiger partial charge in [-0.05, 0) is 23.3 Å². The van der Waals surface area contributed by atoms with Gasteiger partial charge in [0, 0.05) is 19.1 Å². The number of carbonyl (C=O) groups is 1. The molecule has 1 aromatic carbocycles. The lowest BCUT2D eigenvalue weighted by Gasteiger charge is -2.29. The van der Waals surface area contributed by atoms with Crippen LogP contribution in [0.2, 0.25) is 0 Å². The molecule has 1 amide bonds. The molecule has 0 saturated carbocycles. The van der Waals surface area contributed by atoms with Crippen molar-refractivity contribution in [3.05, 3.63) is 41.7 Å². The summed E-state index contributed by atoms with van der Waals surface area (Å²) in [4.78, 5) is 12.0. The molecule has 3 N–H and O–H groups in total. The number of hydrogen-bond donors (Lipinski definition) is 2. The summed E-state index contributed by atoms with van der Waals surface area (Å²) in [5.41, 5.74) is 7.61. The highest BCUT2D eigenvalue weighted by Crippen LogP contribution is 2.21. The molecule has 4 nitrogen and oxygen atoms in total. The Bertz CT molecular complexity index is 456. The molecular weight excluding hydrogens is 223 g/mol. The fourth-order valence-electron chi connectivity index (χ4n) is 1.90. The average molecular weight is 236 g/mol. The maximum absolute atomic E-state index is 12.8. The Morgan fingerprint density at radius 3 is 2.59 bits per heavy atom. The molecule has 0 radical (unpaired) electrons. The topological polar surface area (TPSA) is 66.6 Å². The van der Waals surface area contributed by atoms with Crippen LogP contribution in [0.4, 0.5) is 9.18 Å². The lowest BCUT2D eigenvalue weighted by atomic mass is 9.96. The second-order valence-corrected chi connectivity index (χ2v) is 3.96. The Hall–Kier alpha value is -1.88. The Balaban J connectivity index is 2.22. The van der Waals surface area contributed by atoms with Gasteiger partial charge in [-0.3, -0.25) is 0 Å². The highest BCUT2D eigenvalue weighted by Gasteiger charge is 2.23. The molecule has 2 rings (SSSR count). The molecule has 90 valence electrons. The van der Waals surface area contributed by atoms with E-state index < -0.39 is 6.09 Å². The van der Waals surface area contributed by atoms with E-state index in [1.54, 1.807) is 18.2 Å². The van der Waals surface area contributed by atoms with Crippen molar-refractivity contribution in [3.63, 3.8) is 0 Å². The molecule has 1 heterocycles. The van der Waals surface area contributed by atoms with Gasteiger partial charge < -0.3 is 15.7 Å². The van der Waals surface area contributed by atoms with Gasteiger partial charge in [-0.15, -0.1) is 0 Å². The van der Waals surface area contributed by atoms with Crippen LogP contribution in [0, 0.1) is 5.82 Å². The molecule has 5 heteroatoms. The van der Waals surface area contributed by atoms with Gasteiger partial charge in [0.2, 0.25) is 0 Å². The summed E-state index contributed by atoms with van der Waals surface area (Å²) >= 11 is 0. The van der Waals surface area contributed by atoms with E-state index in [0.717, 1.165) is 11.1 Å². The van der Waals surface area contributed by atoms with Crippen LogP contribution in [0.3, 0.4) is 0 Å². The van der Waals surface area contributed by atoms with Gasteiger partial charge in [-0.1, -0.05) is 18.2 Å². The predicted molar refractivity (Wildman–Crippen MR) is 62.0 cm³/mol. The fraction of sp³-hybridized carbons (Fsp3) is 0.250. The molecule has 1 atom stereocenters. The van der Waals surface area contributed by atoms with Crippen molar-refractivity contribution in [3.8, 4) is 0 Å². The number of nitrogens with zero attached hydrogens (tertiary/aromatic N) is 1.